The zero-order chi connectivity index (χ0) is 12.8. The van der Waals surface area contributed by atoms with Crippen molar-refractivity contribution in [2.75, 3.05) is 6.54 Å². The van der Waals surface area contributed by atoms with Crippen molar-refractivity contribution in [3.05, 3.63) is 0 Å². The maximum Gasteiger partial charge on any atom is 0.135 e. The van der Waals surface area contributed by atoms with Gasteiger partial charge in [-0.15, -0.1) is 0 Å². The standard InChI is InChI=1S/C15H27N3/c1-15(2)9-5-3-7-11-18-14(8-4-6-10-15)12-16-13-17-18/h12-14H,3-11H2,1-2H3. The molecule has 3 nitrogen and oxygen atoms in total. The number of nitrogens with zero attached hydrogens (tertiary/aromatic N) is 3. The van der Waals surface area contributed by atoms with Crippen LogP contribution >= 0.6 is 0 Å². The van der Waals surface area contributed by atoms with Gasteiger partial charge in [0.2, 0.25) is 0 Å². The fourth-order valence-corrected chi connectivity index (χ4v) is 2.98. The van der Waals surface area contributed by atoms with Gasteiger partial charge in [0.25, 0.3) is 0 Å². The molecule has 2 aliphatic heterocycles. The summed E-state index contributed by atoms with van der Waals surface area (Å²) in [4.78, 5) is 4.20. The van der Waals surface area contributed by atoms with Crippen molar-refractivity contribution in [2.24, 2.45) is 15.5 Å². The molecule has 0 amide bonds. The average Bonchev–Trinajstić information content (AvgIpc) is 2.34. The van der Waals surface area contributed by atoms with E-state index in [1.807, 2.05) is 0 Å². The van der Waals surface area contributed by atoms with Crippen LogP contribution < -0.4 is 0 Å². The Morgan fingerprint density at radius 1 is 1.06 bits per heavy atom. The maximum absolute atomic E-state index is 4.42. The summed E-state index contributed by atoms with van der Waals surface area (Å²) >= 11 is 0. The molecule has 2 heterocycles. The molecule has 2 rings (SSSR count). The molecule has 0 aromatic rings. The lowest BCUT2D eigenvalue weighted by molar-refractivity contribution is 0.217. The normalized spacial score (nSPS) is 29.2. The zero-order valence-electron chi connectivity index (χ0n) is 11.9. The van der Waals surface area contributed by atoms with Crippen LogP contribution in [-0.2, 0) is 0 Å². The highest BCUT2D eigenvalue weighted by atomic mass is 15.5. The molecular weight excluding hydrogens is 222 g/mol. The second-order valence-electron chi connectivity index (χ2n) is 6.48. The summed E-state index contributed by atoms with van der Waals surface area (Å²) < 4.78 is 0. The topological polar surface area (TPSA) is 28.0 Å². The van der Waals surface area contributed by atoms with E-state index >= 15 is 0 Å². The Labute approximate surface area is 111 Å². The van der Waals surface area contributed by atoms with E-state index in [4.69, 9.17) is 0 Å². The lowest BCUT2D eigenvalue weighted by Gasteiger charge is -2.30. The summed E-state index contributed by atoms with van der Waals surface area (Å²) in [7, 11) is 0. The number of hydrazone groups is 1. The molecule has 2 aliphatic rings. The molecular formula is C15H27N3. The average molecular weight is 249 g/mol. The summed E-state index contributed by atoms with van der Waals surface area (Å²) in [5, 5.41) is 6.65. The van der Waals surface area contributed by atoms with Gasteiger partial charge in [0, 0.05) is 12.8 Å². The third kappa shape index (κ3) is 4.11. The molecule has 0 bridgehead atoms. The highest BCUT2D eigenvalue weighted by molar-refractivity contribution is 5.77. The van der Waals surface area contributed by atoms with E-state index in [1.54, 1.807) is 6.34 Å². The summed E-state index contributed by atoms with van der Waals surface area (Å²) in [6, 6.07) is 0.442. The molecule has 0 aromatic carbocycles. The van der Waals surface area contributed by atoms with Crippen LogP contribution in [0.25, 0.3) is 0 Å². The van der Waals surface area contributed by atoms with Crippen LogP contribution in [0.2, 0.25) is 0 Å². The van der Waals surface area contributed by atoms with Crippen molar-refractivity contribution >= 4 is 12.6 Å². The zero-order valence-corrected chi connectivity index (χ0v) is 11.9. The Balaban J connectivity index is 1.90. The first-order chi connectivity index (χ1) is 8.67. The third-order valence-electron chi connectivity index (χ3n) is 4.25. The molecule has 1 fully saturated rings. The van der Waals surface area contributed by atoms with Crippen LogP contribution in [0.1, 0.15) is 65.2 Å². The second-order valence-corrected chi connectivity index (χ2v) is 6.48. The van der Waals surface area contributed by atoms with Gasteiger partial charge in [-0.3, -0.25) is 5.01 Å². The maximum atomic E-state index is 4.42. The number of hydrogen-bond acceptors (Lipinski definition) is 3. The van der Waals surface area contributed by atoms with Gasteiger partial charge in [-0.1, -0.05) is 39.5 Å². The van der Waals surface area contributed by atoms with Crippen LogP contribution in [0, 0.1) is 5.41 Å². The molecule has 1 unspecified atom stereocenters. The number of aliphatic imine (C=N–C) groups is 1. The first-order valence-corrected chi connectivity index (χ1v) is 7.50. The van der Waals surface area contributed by atoms with Crippen LogP contribution in [0.4, 0.5) is 0 Å². The van der Waals surface area contributed by atoms with Crippen molar-refractivity contribution in [1.29, 1.82) is 0 Å². The Morgan fingerprint density at radius 2 is 1.83 bits per heavy atom. The molecule has 3 heteroatoms. The van der Waals surface area contributed by atoms with Crippen LogP contribution in [-0.4, -0.2) is 30.1 Å². The Bertz CT molecular complexity index is 307. The molecule has 0 saturated carbocycles. The van der Waals surface area contributed by atoms with Gasteiger partial charge < -0.3 is 0 Å². The SMILES string of the molecule is CC1(C)CCCCCN2N=CN=CC2CCCC1. The minimum absolute atomic E-state index is 0.442. The first kappa shape index (κ1) is 13.6. The summed E-state index contributed by atoms with van der Waals surface area (Å²) in [6.07, 6.45) is 14.3. The van der Waals surface area contributed by atoms with E-state index in [0.29, 0.717) is 11.5 Å². The van der Waals surface area contributed by atoms with Gasteiger partial charge in [-0.2, -0.15) is 5.10 Å². The van der Waals surface area contributed by atoms with E-state index in [1.165, 1.54) is 51.4 Å². The largest absolute Gasteiger partial charge is 0.287 e. The Hall–Kier alpha value is -0.860. The first-order valence-electron chi connectivity index (χ1n) is 7.50. The molecule has 1 saturated heterocycles. The third-order valence-corrected chi connectivity index (χ3v) is 4.25. The lowest BCUT2D eigenvalue weighted by atomic mass is 9.81. The second kappa shape index (κ2) is 6.35. The molecule has 0 radical (unpaired) electrons. The van der Waals surface area contributed by atoms with Gasteiger partial charge >= 0.3 is 0 Å². The fourth-order valence-electron chi connectivity index (χ4n) is 2.98. The van der Waals surface area contributed by atoms with Crippen LogP contribution in [0.5, 0.6) is 0 Å². The lowest BCUT2D eigenvalue weighted by Crippen LogP contribution is -2.35. The Morgan fingerprint density at radius 3 is 2.67 bits per heavy atom. The van der Waals surface area contributed by atoms with E-state index in [-0.39, 0.29) is 0 Å². The number of hydrogen-bond donors (Lipinski definition) is 0. The van der Waals surface area contributed by atoms with Gasteiger partial charge in [0.1, 0.15) is 6.34 Å². The van der Waals surface area contributed by atoms with Gasteiger partial charge in [0.05, 0.1) is 6.04 Å². The van der Waals surface area contributed by atoms with Crippen molar-refractivity contribution in [3.63, 3.8) is 0 Å². The van der Waals surface area contributed by atoms with Gasteiger partial charge in [-0.25, -0.2) is 4.99 Å². The molecule has 0 N–H and O–H groups in total. The quantitative estimate of drug-likeness (QED) is 0.641. The molecule has 102 valence electrons. The molecule has 1 atom stereocenters. The summed E-state index contributed by atoms with van der Waals surface area (Å²) in [5.74, 6) is 0. The van der Waals surface area contributed by atoms with Crippen molar-refractivity contribution in [3.8, 4) is 0 Å². The van der Waals surface area contributed by atoms with Crippen molar-refractivity contribution in [1.82, 2.24) is 5.01 Å². The van der Waals surface area contributed by atoms with Crippen molar-refractivity contribution < 1.29 is 0 Å². The van der Waals surface area contributed by atoms with Crippen molar-refractivity contribution in [2.45, 2.75) is 71.3 Å². The van der Waals surface area contributed by atoms with Gasteiger partial charge in [0.15, 0.2) is 0 Å². The molecule has 18 heavy (non-hydrogen) atoms. The van der Waals surface area contributed by atoms with E-state index in [0.717, 1.165) is 6.54 Å². The fraction of sp³-hybridized carbons (Fsp3) is 0.867. The predicted molar refractivity (Wildman–Crippen MR) is 78.2 cm³/mol. The molecule has 0 aliphatic carbocycles. The minimum Gasteiger partial charge on any atom is -0.287 e. The monoisotopic (exact) mass is 249 g/mol. The van der Waals surface area contributed by atoms with Gasteiger partial charge in [-0.05, 0) is 31.1 Å². The van der Waals surface area contributed by atoms with Crippen LogP contribution in [0.15, 0.2) is 10.1 Å². The molecule has 0 spiro atoms. The smallest absolute Gasteiger partial charge is 0.135 e. The van der Waals surface area contributed by atoms with E-state index in [2.05, 4.69) is 35.2 Å². The summed E-state index contributed by atoms with van der Waals surface area (Å²) in [6.45, 7) is 5.95. The Kier molecular flexibility index (Phi) is 4.79. The number of fused-ring (bicyclic) bond motifs is 1. The van der Waals surface area contributed by atoms with E-state index < -0.39 is 0 Å². The highest BCUT2D eigenvalue weighted by Crippen LogP contribution is 2.31. The summed E-state index contributed by atoms with van der Waals surface area (Å²) in [5.41, 5.74) is 0.539. The minimum atomic E-state index is 0.442. The number of rotatable bonds is 0. The molecule has 0 aromatic heterocycles. The predicted octanol–water partition coefficient (Wildman–Crippen LogP) is 3.85. The van der Waals surface area contributed by atoms with E-state index in [9.17, 15) is 0 Å². The highest BCUT2D eigenvalue weighted by Gasteiger charge is 2.20. The van der Waals surface area contributed by atoms with Crippen LogP contribution in [0.3, 0.4) is 0 Å².